The summed E-state index contributed by atoms with van der Waals surface area (Å²) in [5.41, 5.74) is 0.514. The second-order valence-electron chi connectivity index (χ2n) is 9.20. The number of thioether (sulfide) groups is 1. The van der Waals surface area contributed by atoms with Gasteiger partial charge >= 0.3 is 12.1 Å². The zero-order chi connectivity index (χ0) is 31.3. The average molecular weight is 635 g/mol. The molecule has 16 nitrogen and oxygen atoms in total. The molecule has 0 bridgehead atoms. The zero-order valence-electron chi connectivity index (χ0n) is 23.4. The molecule has 4 amide bonds. The number of nitrogens with zero attached hydrogens (tertiary/aromatic N) is 5. The molecule has 0 aromatic carbocycles. The van der Waals surface area contributed by atoms with Gasteiger partial charge in [0.25, 0.3) is 24.5 Å². The SMILES string of the molecule is COCC1=C(C(=O)O)N2C(=O)[C@@H](NC(=O)/C(=N/OC)c3csc(NC(=O)OC[n+]4cccc(C(=O)N(C)C)c4)n3)C2SC1. The first-order valence-electron chi connectivity index (χ1n) is 12.5. The summed E-state index contributed by atoms with van der Waals surface area (Å²) in [6, 6.07) is 2.28. The number of aliphatic carboxylic acids is 1. The summed E-state index contributed by atoms with van der Waals surface area (Å²) in [5, 5.41) is 19.3. The van der Waals surface area contributed by atoms with Crippen LogP contribution in [0.15, 0.2) is 46.3 Å². The molecule has 0 aliphatic carbocycles. The molecule has 2 aliphatic rings. The summed E-state index contributed by atoms with van der Waals surface area (Å²) < 4.78 is 11.8. The van der Waals surface area contributed by atoms with Gasteiger partial charge in [-0.3, -0.25) is 24.6 Å². The first kappa shape index (κ1) is 31.4. The van der Waals surface area contributed by atoms with E-state index in [-0.39, 0.29) is 41.5 Å². The molecular formula is C25H28N7O9S2+. The molecule has 2 atom stereocenters. The van der Waals surface area contributed by atoms with Crippen LogP contribution in [0.3, 0.4) is 0 Å². The number of aromatic nitrogens is 2. The van der Waals surface area contributed by atoms with Crippen LogP contribution in [0.2, 0.25) is 0 Å². The van der Waals surface area contributed by atoms with Crippen LogP contribution in [0.1, 0.15) is 16.1 Å². The van der Waals surface area contributed by atoms with Crippen molar-refractivity contribution in [3.05, 3.63) is 52.4 Å². The summed E-state index contributed by atoms with van der Waals surface area (Å²) in [6.07, 6.45) is 2.33. The fourth-order valence-corrected chi connectivity index (χ4v) is 6.17. The lowest BCUT2D eigenvalue weighted by Gasteiger charge is -2.49. The molecule has 0 spiro atoms. The molecule has 4 rings (SSSR count). The van der Waals surface area contributed by atoms with Crippen LogP contribution in [0.4, 0.5) is 9.93 Å². The Morgan fingerprint density at radius 1 is 1.28 bits per heavy atom. The number of carboxylic acid groups (broad SMARTS) is 1. The first-order valence-corrected chi connectivity index (χ1v) is 14.4. The second kappa shape index (κ2) is 13.6. The molecule has 3 N–H and O–H groups in total. The van der Waals surface area contributed by atoms with Crippen molar-refractivity contribution in [1.29, 1.82) is 0 Å². The van der Waals surface area contributed by atoms with Crippen molar-refractivity contribution in [3.63, 3.8) is 0 Å². The lowest BCUT2D eigenvalue weighted by Crippen LogP contribution is -2.71. The van der Waals surface area contributed by atoms with Crippen molar-refractivity contribution in [2.75, 3.05) is 46.0 Å². The number of hydrogen-bond acceptors (Lipinski definition) is 12. The number of pyridine rings is 1. The molecular weight excluding hydrogens is 606 g/mol. The normalized spacial score (nSPS) is 17.9. The van der Waals surface area contributed by atoms with Crippen LogP contribution in [0.25, 0.3) is 0 Å². The summed E-state index contributed by atoms with van der Waals surface area (Å²) in [5.74, 6) is -2.53. The number of carboxylic acids is 1. The Bertz CT molecular complexity index is 1510. The Morgan fingerprint density at radius 2 is 2.05 bits per heavy atom. The Morgan fingerprint density at radius 3 is 2.72 bits per heavy atom. The van der Waals surface area contributed by atoms with Gasteiger partial charge in [-0.05, 0) is 11.6 Å². The molecule has 1 unspecified atom stereocenters. The molecule has 1 saturated heterocycles. The standard InChI is InChI=1S/C25H27N7O9S2/c1-30(2)20(34)13-6-5-7-31(8-13)12-41-25(38)28-24-26-15(11-43-24)16(29-40-4)19(33)27-17-21(35)32-18(23(36)37)14(9-39-3)10-42-22(17)32/h5-8,11,17,22H,9-10,12H2,1-4H3,(H2-,26,27,28,33,36,37,38)/p+1/b29-16+/t17-,22?/m1/s1. The predicted molar refractivity (Wildman–Crippen MR) is 152 cm³/mol. The highest BCUT2D eigenvalue weighted by Crippen LogP contribution is 2.40. The van der Waals surface area contributed by atoms with E-state index in [1.807, 2.05) is 0 Å². The van der Waals surface area contributed by atoms with Crippen molar-refractivity contribution in [3.8, 4) is 0 Å². The van der Waals surface area contributed by atoms with Crippen LogP contribution in [0.5, 0.6) is 0 Å². The third-order valence-electron chi connectivity index (χ3n) is 6.06. The molecule has 2 aromatic heterocycles. The Hall–Kier alpha value is -4.55. The van der Waals surface area contributed by atoms with E-state index in [1.54, 1.807) is 38.6 Å². The number of amides is 4. The van der Waals surface area contributed by atoms with E-state index in [0.29, 0.717) is 16.9 Å². The van der Waals surface area contributed by atoms with Crippen LogP contribution in [0, 0.1) is 0 Å². The van der Waals surface area contributed by atoms with Crippen molar-refractivity contribution < 1.29 is 48.0 Å². The number of ether oxygens (including phenoxy) is 2. The van der Waals surface area contributed by atoms with Crippen molar-refractivity contribution in [2.45, 2.75) is 18.1 Å². The summed E-state index contributed by atoms with van der Waals surface area (Å²) in [4.78, 5) is 73.9. The minimum atomic E-state index is -1.26. The number of methoxy groups -OCH3 is 1. The second-order valence-corrected chi connectivity index (χ2v) is 11.2. The third-order valence-corrected chi connectivity index (χ3v) is 8.16. The lowest BCUT2D eigenvalue weighted by molar-refractivity contribution is -0.727. The van der Waals surface area contributed by atoms with Gasteiger partial charge in [-0.1, -0.05) is 5.16 Å². The van der Waals surface area contributed by atoms with E-state index in [1.165, 1.54) is 40.8 Å². The molecule has 43 heavy (non-hydrogen) atoms. The molecule has 2 aliphatic heterocycles. The number of β-lactam (4-membered cyclic amide) rings is 1. The number of thiazole rings is 1. The van der Waals surface area contributed by atoms with Gasteiger partial charge in [0.05, 0.1) is 6.61 Å². The molecule has 228 valence electrons. The summed E-state index contributed by atoms with van der Waals surface area (Å²) >= 11 is 2.28. The topological polar surface area (TPSA) is 193 Å². The average Bonchev–Trinajstić information content (AvgIpc) is 3.44. The number of nitrogens with one attached hydrogen (secondary N) is 2. The van der Waals surface area contributed by atoms with E-state index >= 15 is 0 Å². The minimum Gasteiger partial charge on any atom is -0.477 e. The molecule has 4 heterocycles. The third kappa shape index (κ3) is 6.92. The number of rotatable bonds is 11. The fourth-order valence-electron chi connectivity index (χ4n) is 4.16. The van der Waals surface area contributed by atoms with E-state index in [0.717, 1.165) is 16.2 Å². The Balaban J connectivity index is 1.37. The maximum Gasteiger partial charge on any atom is 0.418 e. The van der Waals surface area contributed by atoms with Gasteiger partial charge in [0.1, 0.15) is 35.5 Å². The lowest BCUT2D eigenvalue weighted by atomic mass is 10.0. The van der Waals surface area contributed by atoms with Gasteiger partial charge < -0.3 is 29.6 Å². The maximum absolute atomic E-state index is 13.1. The Kier molecular flexibility index (Phi) is 9.94. The van der Waals surface area contributed by atoms with Crippen molar-refractivity contribution >= 4 is 63.7 Å². The molecule has 1 fully saturated rings. The number of carbonyl (C=O) groups excluding carboxylic acids is 4. The fraction of sp³-hybridized carbons (Fsp3) is 0.360. The van der Waals surface area contributed by atoms with Crippen LogP contribution >= 0.6 is 23.1 Å². The number of carbonyl (C=O) groups is 5. The molecule has 0 radical (unpaired) electrons. The van der Waals surface area contributed by atoms with Crippen molar-refractivity contribution in [1.82, 2.24) is 20.1 Å². The van der Waals surface area contributed by atoms with Crippen LogP contribution < -0.4 is 15.2 Å². The van der Waals surface area contributed by atoms with Crippen LogP contribution in [-0.4, -0.2) is 107 Å². The number of hydrogen-bond donors (Lipinski definition) is 3. The molecule has 0 saturated carbocycles. The number of fused-ring (bicyclic) bond motifs is 1. The highest BCUT2D eigenvalue weighted by atomic mass is 32.2. The minimum absolute atomic E-state index is 0.0531. The van der Waals surface area contributed by atoms with Gasteiger partial charge in [0.15, 0.2) is 23.2 Å². The van der Waals surface area contributed by atoms with Crippen LogP contribution in [-0.2, 0) is 35.4 Å². The molecule has 2 aromatic rings. The summed E-state index contributed by atoms with van der Waals surface area (Å²) in [6.45, 7) is -0.126. The Labute approximate surface area is 253 Å². The van der Waals surface area contributed by atoms with E-state index in [9.17, 15) is 29.1 Å². The smallest absolute Gasteiger partial charge is 0.418 e. The van der Waals surface area contributed by atoms with Gasteiger partial charge in [-0.15, -0.1) is 23.1 Å². The largest absolute Gasteiger partial charge is 0.477 e. The maximum atomic E-state index is 13.1. The van der Waals surface area contributed by atoms with Gasteiger partial charge in [0.2, 0.25) is 0 Å². The molecule has 18 heteroatoms. The number of oxime groups is 1. The van der Waals surface area contributed by atoms with Gasteiger partial charge in [-0.2, -0.15) is 4.57 Å². The predicted octanol–water partition coefficient (Wildman–Crippen LogP) is 0.0741. The highest BCUT2D eigenvalue weighted by Gasteiger charge is 2.54. The number of anilines is 1. The monoisotopic (exact) mass is 634 g/mol. The highest BCUT2D eigenvalue weighted by molar-refractivity contribution is 8.00. The van der Waals surface area contributed by atoms with Crippen molar-refractivity contribution in [2.24, 2.45) is 5.16 Å². The van der Waals surface area contributed by atoms with E-state index < -0.39 is 35.3 Å². The first-order chi connectivity index (χ1) is 20.5. The van der Waals surface area contributed by atoms with E-state index in [2.05, 4.69) is 20.8 Å². The summed E-state index contributed by atoms with van der Waals surface area (Å²) in [7, 11) is 5.91. The van der Waals surface area contributed by atoms with Gasteiger partial charge in [-0.25, -0.2) is 14.6 Å². The zero-order valence-corrected chi connectivity index (χ0v) is 25.1. The van der Waals surface area contributed by atoms with Gasteiger partial charge in [0, 0.05) is 38.4 Å². The van der Waals surface area contributed by atoms with E-state index in [4.69, 9.17) is 14.3 Å². The quantitative estimate of drug-likeness (QED) is 0.131.